The van der Waals surface area contributed by atoms with Gasteiger partial charge >= 0.3 is 0 Å². The van der Waals surface area contributed by atoms with E-state index in [0.717, 1.165) is 0 Å². The Morgan fingerprint density at radius 1 is 1.15 bits per heavy atom. The minimum atomic E-state index is -0.0660. The lowest BCUT2D eigenvalue weighted by molar-refractivity contribution is -0.131. The lowest BCUT2D eigenvalue weighted by atomic mass is 9.73. The molecule has 0 radical (unpaired) electrons. The third-order valence-corrected chi connectivity index (χ3v) is 5.09. The fourth-order valence-corrected chi connectivity index (χ4v) is 3.91. The van der Waals surface area contributed by atoms with Crippen LogP contribution in [-0.4, -0.2) is 61.0 Å². The van der Waals surface area contributed by atoms with E-state index in [1.54, 1.807) is 4.90 Å². The molecular weight excluding hydrogens is 250 g/mol. The zero-order chi connectivity index (χ0) is 14.9. The van der Waals surface area contributed by atoms with E-state index in [1.807, 2.05) is 21.0 Å². The Hall–Kier alpha value is -0.610. The van der Waals surface area contributed by atoms with E-state index >= 15 is 0 Å². The van der Waals surface area contributed by atoms with Gasteiger partial charge < -0.3 is 15.1 Å². The normalized spacial score (nSPS) is 32.2. The predicted molar refractivity (Wildman–Crippen MR) is 82.6 cm³/mol. The van der Waals surface area contributed by atoms with E-state index in [0.29, 0.717) is 23.9 Å². The number of nitrogens with zero attached hydrogens (tertiary/aromatic N) is 2. The van der Waals surface area contributed by atoms with Crippen LogP contribution < -0.4 is 5.32 Å². The Morgan fingerprint density at radius 3 is 2.15 bits per heavy atom. The predicted octanol–water partition coefficient (Wildman–Crippen LogP) is 1.56. The third kappa shape index (κ3) is 3.34. The molecule has 4 nitrogen and oxygen atoms in total. The molecule has 3 atom stereocenters. The van der Waals surface area contributed by atoms with Gasteiger partial charge in [-0.3, -0.25) is 4.79 Å². The van der Waals surface area contributed by atoms with Crippen molar-refractivity contribution < 1.29 is 4.79 Å². The molecule has 0 spiro atoms. The number of hydrogen-bond donors (Lipinski definition) is 1. The van der Waals surface area contributed by atoms with Crippen LogP contribution in [0.2, 0.25) is 0 Å². The second-order valence-electron chi connectivity index (χ2n) is 7.15. The summed E-state index contributed by atoms with van der Waals surface area (Å²) in [7, 11) is 3.67. The van der Waals surface area contributed by atoms with Crippen LogP contribution in [0.25, 0.3) is 0 Å². The standard InChI is InChI=1S/C16H31N3O/c1-11(2)19-9-13-7-6-8-14(10-19)15(13)17-12(3)16(20)18(4)5/h11-15,17H,6-10H2,1-5H3. The quantitative estimate of drug-likeness (QED) is 0.849. The van der Waals surface area contributed by atoms with E-state index < -0.39 is 0 Å². The van der Waals surface area contributed by atoms with E-state index in [4.69, 9.17) is 0 Å². The summed E-state index contributed by atoms with van der Waals surface area (Å²) in [4.78, 5) is 16.4. The molecule has 0 aromatic rings. The summed E-state index contributed by atoms with van der Waals surface area (Å²) < 4.78 is 0. The molecule has 0 aromatic carbocycles. The second-order valence-corrected chi connectivity index (χ2v) is 7.15. The highest BCUT2D eigenvalue weighted by Crippen LogP contribution is 2.35. The third-order valence-electron chi connectivity index (χ3n) is 5.09. The van der Waals surface area contributed by atoms with Crippen LogP contribution in [0.5, 0.6) is 0 Å². The number of hydrogen-bond acceptors (Lipinski definition) is 3. The molecule has 1 aliphatic carbocycles. The lowest BCUT2D eigenvalue weighted by Crippen LogP contribution is -2.61. The molecule has 1 heterocycles. The van der Waals surface area contributed by atoms with Crippen LogP contribution in [-0.2, 0) is 4.79 Å². The summed E-state index contributed by atoms with van der Waals surface area (Å²) in [5, 5.41) is 3.64. The Labute approximate surface area is 123 Å². The van der Waals surface area contributed by atoms with Gasteiger partial charge in [-0.2, -0.15) is 0 Å². The molecule has 2 aliphatic rings. The fraction of sp³-hybridized carbons (Fsp3) is 0.938. The Bertz CT molecular complexity index is 329. The average molecular weight is 281 g/mol. The van der Waals surface area contributed by atoms with Crippen molar-refractivity contribution in [2.45, 2.75) is 58.2 Å². The highest BCUT2D eigenvalue weighted by Gasteiger charge is 2.40. The molecule has 2 rings (SSSR count). The van der Waals surface area contributed by atoms with Crippen LogP contribution in [0.3, 0.4) is 0 Å². The summed E-state index contributed by atoms with van der Waals surface area (Å²) in [6, 6.07) is 1.10. The number of rotatable bonds is 4. The van der Waals surface area contributed by atoms with Crippen molar-refractivity contribution in [1.29, 1.82) is 0 Å². The molecule has 1 N–H and O–H groups in total. The Kier molecular flexibility index (Phi) is 5.08. The number of carbonyl (C=O) groups is 1. The fourth-order valence-electron chi connectivity index (χ4n) is 3.91. The molecule has 0 aromatic heterocycles. The van der Waals surface area contributed by atoms with Crippen LogP contribution in [0, 0.1) is 11.8 Å². The van der Waals surface area contributed by atoms with Crippen molar-refractivity contribution >= 4 is 5.91 Å². The van der Waals surface area contributed by atoms with Gasteiger partial charge in [-0.05, 0) is 45.4 Å². The lowest BCUT2D eigenvalue weighted by Gasteiger charge is -2.49. The van der Waals surface area contributed by atoms with Gasteiger partial charge in [-0.25, -0.2) is 0 Å². The van der Waals surface area contributed by atoms with Gasteiger partial charge in [-0.1, -0.05) is 6.42 Å². The van der Waals surface area contributed by atoms with Gasteiger partial charge in [-0.15, -0.1) is 0 Å². The first-order valence-corrected chi connectivity index (χ1v) is 8.11. The minimum Gasteiger partial charge on any atom is -0.347 e. The molecule has 1 saturated carbocycles. The number of likely N-dealkylation sites (tertiary alicyclic amines) is 1. The zero-order valence-electron chi connectivity index (χ0n) is 13.7. The number of nitrogens with one attached hydrogen (secondary N) is 1. The molecule has 2 bridgehead atoms. The van der Waals surface area contributed by atoms with Gasteiger partial charge in [0.2, 0.25) is 5.91 Å². The Balaban J connectivity index is 2.00. The number of piperidine rings is 1. The molecular formula is C16H31N3O. The van der Waals surface area contributed by atoms with E-state index in [9.17, 15) is 4.79 Å². The number of carbonyl (C=O) groups excluding carboxylic acids is 1. The number of likely N-dealkylation sites (N-methyl/N-ethyl adjacent to an activating group) is 1. The Morgan fingerprint density at radius 2 is 1.70 bits per heavy atom. The molecule has 116 valence electrons. The molecule has 20 heavy (non-hydrogen) atoms. The van der Waals surface area contributed by atoms with Crippen molar-refractivity contribution in [1.82, 2.24) is 15.1 Å². The largest absolute Gasteiger partial charge is 0.347 e. The maximum atomic E-state index is 12.1. The van der Waals surface area contributed by atoms with Crippen molar-refractivity contribution in [3.63, 3.8) is 0 Å². The van der Waals surface area contributed by atoms with E-state index in [2.05, 4.69) is 24.1 Å². The SMILES string of the molecule is CC(NC1C2CCCC1CN(C(C)C)C2)C(=O)N(C)C. The molecule has 1 aliphatic heterocycles. The van der Waals surface area contributed by atoms with Gasteiger partial charge in [0.1, 0.15) is 0 Å². The van der Waals surface area contributed by atoms with Crippen LogP contribution in [0.1, 0.15) is 40.0 Å². The van der Waals surface area contributed by atoms with Gasteiger partial charge in [0, 0.05) is 39.3 Å². The summed E-state index contributed by atoms with van der Waals surface area (Å²) in [6.45, 7) is 8.97. The maximum absolute atomic E-state index is 12.1. The summed E-state index contributed by atoms with van der Waals surface area (Å²) in [5.41, 5.74) is 0. The molecule has 1 saturated heterocycles. The van der Waals surface area contributed by atoms with Gasteiger partial charge in [0.15, 0.2) is 0 Å². The minimum absolute atomic E-state index is 0.0660. The van der Waals surface area contributed by atoms with Crippen LogP contribution in [0.4, 0.5) is 0 Å². The van der Waals surface area contributed by atoms with Crippen molar-refractivity contribution in [3.8, 4) is 0 Å². The zero-order valence-corrected chi connectivity index (χ0v) is 13.7. The van der Waals surface area contributed by atoms with Crippen molar-refractivity contribution in [2.24, 2.45) is 11.8 Å². The van der Waals surface area contributed by atoms with Crippen LogP contribution in [0.15, 0.2) is 0 Å². The highest BCUT2D eigenvalue weighted by molar-refractivity contribution is 5.80. The topological polar surface area (TPSA) is 35.6 Å². The molecule has 3 unspecified atom stereocenters. The summed E-state index contributed by atoms with van der Waals surface area (Å²) in [5.74, 6) is 1.61. The van der Waals surface area contributed by atoms with E-state index in [-0.39, 0.29) is 11.9 Å². The average Bonchev–Trinajstić information content (AvgIpc) is 2.36. The van der Waals surface area contributed by atoms with Crippen LogP contribution >= 0.6 is 0 Å². The first-order chi connectivity index (χ1) is 9.40. The van der Waals surface area contributed by atoms with Crippen molar-refractivity contribution in [2.75, 3.05) is 27.2 Å². The van der Waals surface area contributed by atoms with E-state index in [1.165, 1.54) is 32.4 Å². The molecule has 1 amide bonds. The van der Waals surface area contributed by atoms with Crippen molar-refractivity contribution in [3.05, 3.63) is 0 Å². The smallest absolute Gasteiger partial charge is 0.238 e. The maximum Gasteiger partial charge on any atom is 0.238 e. The first-order valence-electron chi connectivity index (χ1n) is 8.11. The number of fused-ring (bicyclic) bond motifs is 2. The monoisotopic (exact) mass is 281 g/mol. The van der Waals surface area contributed by atoms with Gasteiger partial charge in [0.25, 0.3) is 0 Å². The number of amides is 1. The molecule has 2 fully saturated rings. The summed E-state index contributed by atoms with van der Waals surface area (Å²) in [6.07, 6.45) is 3.97. The highest BCUT2D eigenvalue weighted by atomic mass is 16.2. The van der Waals surface area contributed by atoms with Gasteiger partial charge in [0.05, 0.1) is 6.04 Å². The second kappa shape index (κ2) is 6.44. The first kappa shape index (κ1) is 15.8. The summed E-state index contributed by atoms with van der Waals surface area (Å²) >= 11 is 0. The molecule has 4 heteroatoms.